The Morgan fingerprint density at radius 1 is 1.15 bits per heavy atom. The van der Waals surface area contributed by atoms with Crippen LogP contribution in [0.5, 0.6) is 0 Å². The van der Waals surface area contributed by atoms with Gasteiger partial charge in [-0.05, 0) is 60.1 Å². The largest absolute Gasteiger partial charge is 0.465 e. The highest BCUT2D eigenvalue weighted by atomic mass is 32.1. The zero-order valence-corrected chi connectivity index (χ0v) is 15.2. The molecule has 0 spiro atoms. The van der Waals surface area contributed by atoms with E-state index in [1.54, 1.807) is 30.5 Å². The second-order valence-electron chi connectivity index (χ2n) is 6.10. The Morgan fingerprint density at radius 3 is 2.50 bits per heavy atom. The minimum atomic E-state index is -0.515. The number of carbonyl (C=O) groups excluding carboxylic acids is 2. The third kappa shape index (κ3) is 3.65. The zero-order chi connectivity index (χ0) is 18.7. The first-order chi connectivity index (χ1) is 12.5. The average Bonchev–Trinajstić information content (AvgIpc) is 3.11. The Hall–Kier alpha value is -2.99. The fourth-order valence-electron chi connectivity index (χ4n) is 2.55. The number of carbonyl (C=O) groups is 2. The summed E-state index contributed by atoms with van der Waals surface area (Å²) in [5.41, 5.74) is 1.78. The number of nitrogens with zero attached hydrogens (tertiary/aromatic N) is 1. The molecule has 132 valence electrons. The van der Waals surface area contributed by atoms with Crippen molar-refractivity contribution >= 4 is 40.9 Å². The molecule has 1 aromatic heterocycles. The second kappa shape index (κ2) is 7.49. The van der Waals surface area contributed by atoms with Gasteiger partial charge in [0.05, 0.1) is 12.0 Å². The molecule has 1 N–H and O–H groups in total. The summed E-state index contributed by atoms with van der Waals surface area (Å²) in [4.78, 5) is 26.3. The van der Waals surface area contributed by atoms with Crippen LogP contribution < -0.4 is 10.2 Å². The van der Waals surface area contributed by atoms with Gasteiger partial charge >= 0.3 is 0 Å². The number of hydrogen-bond donors (Lipinski definition) is 1. The molecule has 1 aromatic carbocycles. The Balaban J connectivity index is 1.87. The SMILES string of the molecule is CC(C)c1ccc(N2C(=O)/C(=C/C=C/c3ccco3)C(=O)NC2=S)cc1. The Morgan fingerprint density at radius 2 is 1.88 bits per heavy atom. The highest BCUT2D eigenvalue weighted by Gasteiger charge is 2.34. The van der Waals surface area contributed by atoms with Crippen LogP contribution in [0.2, 0.25) is 0 Å². The molecule has 2 amide bonds. The quantitative estimate of drug-likeness (QED) is 0.508. The van der Waals surface area contributed by atoms with Crippen molar-refractivity contribution in [2.75, 3.05) is 4.90 Å². The van der Waals surface area contributed by atoms with Gasteiger partial charge in [-0.1, -0.05) is 32.1 Å². The molecule has 2 aromatic rings. The second-order valence-corrected chi connectivity index (χ2v) is 6.49. The molecule has 5 nitrogen and oxygen atoms in total. The first-order valence-electron chi connectivity index (χ1n) is 8.19. The van der Waals surface area contributed by atoms with Crippen molar-refractivity contribution < 1.29 is 14.0 Å². The van der Waals surface area contributed by atoms with Crippen LogP contribution in [0.3, 0.4) is 0 Å². The number of allylic oxidation sites excluding steroid dienone is 2. The van der Waals surface area contributed by atoms with Gasteiger partial charge in [-0.3, -0.25) is 19.8 Å². The van der Waals surface area contributed by atoms with Crippen LogP contribution in [0.15, 0.2) is 64.8 Å². The summed E-state index contributed by atoms with van der Waals surface area (Å²) >= 11 is 5.19. The number of anilines is 1. The summed E-state index contributed by atoms with van der Waals surface area (Å²) in [5, 5.41) is 2.63. The Kier molecular flexibility index (Phi) is 5.14. The summed E-state index contributed by atoms with van der Waals surface area (Å²) in [6.07, 6.45) is 6.27. The lowest BCUT2D eigenvalue weighted by Crippen LogP contribution is -2.54. The maximum Gasteiger partial charge on any atom is 0.270 e. The van der Waals surface area contributed by atoms with Gasteiger partial charge in [0.2, 0.25) is 0 Å². The highest BCUT2D eigenvalue weighted by molar-refractivity contribution is 7.80. The Labute approximate surface area is 157 Å². The van der Waals surface area contributed by atoms with E-state index >= 15 is 0 Å². The maximum atomic E-state index is 12.8. The number of amides is 2. The Bertz CT molecular complexity index is 894. The zero-order valence-electron chi connectivity index (χ0n) is 14.4. The summed E-state index contributed by atoms with van der Waals surface area (Å²) in [6.45, 7) is 4.19. The first-order valence-corrected chi connectivity index (χ1v) is 8.60. The van der Waals surface area contributed by atoms with Gasteiger partial charge < -0.3 is 4.42 Å². The average molecular weight is 366 g/mol. The summed E-state index contributed by atoms with van der Waals surface area (Å²) in [6, 6.07) is 11.1. The van der Waals surface area contributed by atoms with E-state index in [1.807, 2.05) is 24.3 Å². The lowest BCUT2D eigenvalue weighted by atomic mass is 10.0. The monoisotopic (exact) mass is 366 g/mol. The fourth-order valence-corrected chi connectivity index (χ4v) is 2.83. The van der Waals surface area contributed by atoms with Crippen molar-refractivity contribution in [3.63, 3.8) is 0 Å². The topological polar surface area (TPSA) is 62.6 Å². The molecule has 0 atom stereocenters. The van der Waals surface area contributed by atoms with Gasteiger partial charge in [-0.15, -0.1) is 0 Å². The molecule has 1 saturated heterocycles. The fraction of sp³-hybridized carbons (Fsp3) is 0.150. The van der Waals surface area contributed by atoms with Crippen LogP contribution in [0.1, 0.15) is 31.1 Å². The predicted octanol–water partition coefficient (Wildman–Crippen LogP) is 3.79. The van der Waals surface area contributed by atoms with Crippen LogP contribution in [0.4, 0.5) is 5.69 Å². The molecule has 3 rings (SSSR count). The maximum absolute atomic E-state index is 12.8. The van der Waals surface area contributed by atoms with E-state index in [0.717, 1.165) is 5.56 Å². The molecule has 0 bridgehead atoms. The number of furan rings is 1. The van der Waals surface area contributed by atoms with E-state index in [0.29, 0.717) is 17.4 Å². The van der Waals surface area contributed by atoms with E-state index in [1.165, 1.54) is 11.0 Å². The summed E-state index contributed by atoms with van der Waals surface area (Å²) in [7, 11) is 0. The predicted molar refractivity (Wildman–Crippen MR) is 105 cm³/mol. The van der Waals surface area contributed by atoms with Crippen LogP contribution >= 0.6 is 12.2 Å². The van der Waals surface area contributed by atoms with E-state index in [2.05, 4.69) is 19.2 Å². The molecule has 0 aliphatic carbocycles. The summed E-state index contributed by atoms with van der Waals surface area (Å²) < 4.78 is 5.18. The van der Waals surface area contributed by atoms with Crippen LogP contribution in [0, 0.1) is 0 Å². The number of benzene rings is 1. The standard InChI is InChI=1S/C20H18N2O3S/c1-13(2)14-8-10-15(11-9-14)22-19(24)17(18(23)21-20(22)26)7-3-5-16-6-4-12-25-16/h3-13H,1-2H3,(H,21,23,26)/b5-3+,17-7+. The molecule has 26 heavy (non-hydrogen) atoms. The lowest BCUT2D eigenvalue weighted by Gasteiger charge is -2.29. The number of rotatable bonds is 4. The van der Waals surface area contributed by atoms with E-state index in [9.17, 15) is 9.59 Å². The van der Waals surface area contributed by atoms with Gasteiger partial charge in [-0.2, -0.15) is 0 Å². The molecule has 0 radical (unpaired) electrons. The van der Waals surface area contributed by atoms with Crippen molar-refractivity contribution in [3.05, 3.63) is 71.7 Å². The smallest absolute Gasteiger partial charge is 0.270 e. The van der Waals surface area contributed by atoms with Crippen LogP contribution in [-0.2, 0) is 9.59 Å². The molecule has 1 aliphatic heterocycles. The van der Waals surface area contributed by atoms with Crippen LogP contribution in [-0.4, -0.2) is 16.9 Å². The molecule has 1 fully saturated rings. The van der Waals surface area contributed by atoms with Gasteiger partial charge in [-0.25, -0.2) is 0 Å². The van der Waals surface area contributed by atoms with E-state index in [-0.39, 0.29) is 10.7 Å². The molecule has 6 heteroatoms. The molecule has 1 aliphatic rings. The number of thiocarbonyl (C=S) groups is 1. The minimum absolute atomic E-state index is 0.00865. The number of hydrogen-bond acceptors (Lipinski definition) is 4. The van der Waals surface area contributed by atoms with Gasteiger partial charge in [0, 0.05) is 0 Å². The van der Waals surface area contributed by atoms with E-state index in [4.69, 9.17) is 16.6 Å². The van der Waals surface area contributed by atoms with Gasteiger partial charge in [0.25, 0.3) is 11.8 Å². The molecule has 0 unspecified atom stereocenters. The first kappa shape index (κ1) is 17.8. The van der Waals surface area contributed by atoms with Crippen molar-refractivity contribution in [1.82, 2.24) is 5.32 Å². The summed E-state index contributed by atoms with van der Waals surface area (Å²) in [5.74, 6) is 0.0383. The van der Waals surface area contributed by atoms with E-state index < -0.39 is 11.8 Å². The highest BCUT2D eigenvalue weighted by Crippen LogP contribution is 2.23. The molecular weight excluding hydrogens is 348 g/mol. The van der Waals surface area contributed by atoms with Crippen LogP contribution in [0.25, 0.3) is 6.08 Å². The normalized spacial score (nSPS) is 16.8. The minimum Gasteiger partial charge on any atom is -0.465 e. The third-order valence-corrected chi connectivity index (χ3v) is 4.27. The lowest BCUT2D eigenvalue weighted by molar-refractivity contribution is -0.122. The molecule has 2 heterocycles. The number of nitrogens with one attached hydrogen (secondary N) is 1. The van der Waals surface area contributed by atoms with Crippen molar-refractivity contribution in [2.45, 2.75) is 19.8 Å². The third-order valence-electron chi connectivity index (χ3n) is 3.99. The molecular formula is C20H18N2O3S. The van der Waals surface area contributed by atoms with Crippen molar-refractivity contribution in [1.29, 1.82) is 0 Å². The van der Waals surface area contributed by atoms with Gasteiger partial charge in [0.1, 0.15) is 11.3 Å². The van der Waals surface area contributed by atoms with Crippen molar-refractivity contribution in [2.24, 2.45) is 0 Å². The van der Waals surface area contributed by atoms with Gasteiger partial charge in [0.15, 0.2) is 5.11 Å². The van der Waals surface area contributed by atoms with Crippen molar-refractivity contribution in [3.8, 4) is 0 Å². The molecule has 0 saturated carbocycles.